The molecule has 2 rings (SSSR count). The second-order valence-electron chi connectivity index (χ2n) is 3.76. The smallest absolute Gasteiger partial charge is 0.159 e. The molecule has 1 aromatic carbocycles. The van der Waals surface area contributed by atoms with Gasteiger partial charge in [-0.05, 0) is 52.2 Å². The van der Waals surface area contributed by atoms with Gasteiger partial charge in [0.1, 0.15) is 0 Å². The Kier molecular flexibility index (Phi) is 3.61. The number of hydrogen-bond donors (Lipinski definition) is 1. The highest BCUT2D eigenvalue weighted by molar-refractivity contribution is 9.11. The summed E-state index contributed by atoms with van der Waals surface area (Å²) < 4.78 is 26.9. The van der Waals surface area contributed by atoms with E-state index in [0.717, 1.165) is 26.4 Å². The summed E-state index contributed by atoms with van der Waals surface area (Å²) in [7, 11) is 0. The average Bonchev–Trinajstić information content (AvgIpc) is 2.62. The van der Waals surface area contributed by atoms with E-state index < -0.39 is 17.7 Å². The van der Waals surface area contributed by atoms with Crippen molar-refractivity contribution in [3.8, 4) is 0 Å². The Labute approximate surface area is 110 Å². The molecule has 0 aliphatic heterocycles. The highest BCUT2D eigenvalue weighted by Gasteiger charge is 2.15. The molecule has 0 radical (unpaired) electrons. The Balaban J connectivity index is 2.36. The molecule has 0 aliphatic rings. The second kappa shape index (κ2) is 4.84. The third kappa shape index (κ3) is 2.56. The van der Waals surface area contributed by atoms with Gasteiger partial charge in [-0.2, -0.15) is 0 Å². The van der Waals surface area contributed by atoms with Crippen molar-refractivity contribution in [3.05, 3.63) is 55.7 Å². The van der Waals surface area contributed by atoms with Gasteiger partial charge in [-0.15, -0.1) is 11.3 Å². The van der Waals surface area contributed by atoms with E-state index in [1.54, 1.807) is 0 Å². The molecule has 1 unspecified atom stereocenters. The fraction of sp³-hybridized carbons (Fsp3) is 0.167. The van der Waals surface area contributed by atoms with Gasteiger partial charge in [0.25, 0.3) is 0 Å². The monoisotopic (exact) mass is 317 g/mol. The molecule has 0 fully saturated rings. The zero-order valence-electron chi connectivity index (χ0n) is 9.01. The fourth-order valence-corrected chi connectivity index (χ4v) is 3.11. The zero-order chi connectivity index (χ0) is 12.6. The van der Waals surface area contributed by atoms with Crippen LogP contribution in [-0.2, 0) is 0 Å². The number of halogens is 3. The number of thiophene rings is 1. The maximum absolute atomic E-state index is 13.1. The number of nitrogens with two attached hydrogens (primary N) is 1. The number of benzene rings is 1. The fourth-order valence-electron chi connectivity index (χ4n) is 1.51. The van der Waals surface area contributed by atoms with Crippen LogP contribution in [0.2, 0.25) is 0 Å². The topological polar surface area (TPSA) is 26.0 Å². The first-order chi connectivity index (χ1) is 7.99. The lowest BCUT2D eigenvalue weighted by atomic mass is 10.1. The van der Waals surface area contributed by atoms with Crippen molar-refractivity contribution < 1.29 is 8.78 Å². The molecule has 1 heterocycles. The first-order valence-electron chi connectivity index (χ1n) is 4.95. The van der Waals surface area contributed by atoms with Crippen molar-refractivity contribution in [3.63, 3.8) is 0 Å². The average molecular weight is 318 g/mol. The highest BCUT2D eigenvalue weighted by Crippen LogP contribution is 2.33. The van der Waals surface area contributed by atoms with Crippen LogP contribution in [0.4, 0.5) is 8.78 Å². The minimum absolute atomic E-state index is 0.430. The highest BCUT2D eigenvalue weighted by atomic mass is 79.9. The van der Waals surface area contributed by atoms with Gasteiger partial charge < -0.3 is 5.73 Å². The van der Waals surface area contributed by atoms with Crippen LogP contribution in [0.3, 0.4) is 0 Å². The van der Waals surface area contributed by atoms with Gasteiger partial charge in [0, 0.05) is 4.88 Å². The van der Waals surface area contributed by atoms with E-state index in [0.29, 0.717) is 5.56 Å². The second-order valence-corrected chi connectivity index (χ2v) is 6.16. The Morgan fingerprint density at radius 3 is 2.47 bits per heavy atom. The van der Waals surface area contributed by atoms with E-state index >= 15 is 0 Å². The standard InChI is InChI=1S/C12H10BrF2NS/c1-6-4-10(17-12(6)13)11(16)7-2-3-8(14)9(15)5-7/h2-5,11H,16H2,1H3. The van der Waals surface area contributed by atoms with Crippen molar-refractivity contribution in [2.24, 2.45) is 5.73 Å². The van der Waals surface area contributed by atoms with Crippen molar-refractivity contribution in [2.45, 2.75) is 13.0 Å². The van der Waals surface area contributed by atoms with Crippen LogP contribution >= 0.6 is 27.3 Å². The minimum Gasteiger partial charge on any atom is -0.320 e. The van der Waals surface area contributed by atoms with E-state index in [-0.39, 0.29) is 0 Å². The summed E-state index contributed by atoms with van der Waals surface area (Å²) in [5.74, 6) is -1.73. The van der Waals surface area contributed by atoms with Crippen LogP contribution in [0.25, 0.3) is 0 Å². The molecule has 0 bridgehead atoms. The summed E-state index contributed by atoms with van der Waals surface area (Å²) in [5.41, 5.74) is 7.67. The van der Waals surface area contributed by atoms with E-state index in [4.69, 9.17) is 5.73 Å². The third-order valence-electron chi connectivity index (χ3n) is 2.49. The molecule has 1 atom stereocenters. The summed E-state index contributed by atoms with van der Waals surface area (Å²) in [6, 6.07) is 5.26. The maximum atomic E-state index is 13.1. The molecule has 0 amide bonds. The summed E-state index contributed by atoms with van der Waals surface area (Å²) in [6.45, 7) is 1.96. The largest absolute Gasteiger partial charge is 0.320 e. The number of aryl methyl sites for hydroxylation is 1. The maximum Gasteiger partial charge on any atom is 0.159 e. The van der Waals surface area contributed by atoms with Crippen molar-refractivity contribution in [1.29, 1.82) is 0 Å². The normalized spacial score (nSPS) is 12.8. The Hall–Kier alpha value is -0.780. The molecule has 2 aromatic rings. The van der Waals surface area contributed by atoms with Crippen molar-refractivity contribution >= 4 is 27.3 Å². The van der Waals surface area contributed by atoms with Gasteiger partial charge in [0.2, 0.25) is 0 Å². The summed E-state index contributed by atoms with van der Waals surface area (Å²) in [5, 5.41) is 0. The van der Waals surface area contributed by atoms with Crippen LogP contribution in [0, 0.1) is 18.6 Å². The molecule has 0 aliphatic carbocycles. The first kappa shape index (κ1) is 12.7. The molecular weight excluding hydrogens is 308 g/mol. The molecule has 90 valence electrons. The van der Waals surface area contributed by atoms with Gasteiger partial charge in [-0.3, -0.25) is 0 Å². The summed E-state index contributed by atoms with van der Waals surface area (Å²) >= 11 is 4.91. The first-order valence-corrected chi connectivity index (χ1v) is 6.56. The van der Waals surface area contributed by atoms with Gasteiger partial charge in [-0.25, -0.2) is 8.78 Å². The number of hydrogen-bond acceptors (Lipinski definition) is 2. The van der Waals surface area contributed by atoms with Crippen LogP contribution in [-0.4, -0.2) is 0 Å². The molecule has 0 saturated heterocycles. The molecule has 2 N–H and O–H groups in total. The van der Waals surface area contributed by atoms with Crippen LogP contribution in [0.1, 0.15) is 22.0 Å². The summed E-state index contributed by atoms with van der Waals surface area (Å²) in [4.78, 5) is 0.917. The molecule has 1 nitrogen and oxygen atoms in total. The van der Waals surface area contributed by atoms with Crippen LogP contribution in [0.5, 0.6) is 0 Å². The molecule has 17 heavy (non-hydrogen) atoms. The lowest BCUT2D eigenvalue weighted by molar-refractivity contribution is 0.506. The van der Waals surface area contributed by atoms with Gasteiger partial charge in [-0.1, -0.05) is 6.07 Å². The lowest BCUT2D eigenvalue weighted by Crippen LogP contribution is -2.10. The SMILES string of the molecule is Cc1cc(C(N)c2ccc(F)c(F)c2)sc1Br. The predicted molar refractivity (Wildman–Crippen MR) is 69.1 cm³/mol. The number of rotatable bonds is 2. The molecular formula is C12H10BrF2NS. The van der Waals surface area contributed by atoms with Crippen LogP contribution in [0.15, 0.2) is 28.1 Å². The predicted octanol–water partition coefficient (Wildman–Crippen LogP) is 4.15. The quantitative estimate of drug-likeness (QED) is 0.884. The third-order valence-corrected chi connectivity index (χ3v) is 4.71. The van der Waals surface area contributed by atoms with Crippen molar-refractivity contribution in [1.82, 2.24) is 0 Å². The molecule has 5 heteroatoms. The van der Waals surface area contributed by atoms with Crippen LogP contribution < -0.4 is 5.73 Å². The molecule has 0 saturated carbocycles. The van der Waals surface area contributed by atoms with E-state index in [1.807, 2.05) is 13.0 Å². The lowest BCUT2D eigenvalue weighted by Gasteiger charge is -2.10. The van der Waals surface area contributed by atoms with Crippen molar-refractivity contribution in [2.75, 3.05) is 0 Å². The Bertz CT molecular complexity index is 534. The molecule has 0 spiro atoms. The Morgan fingerprint density at radius 1 is 1.24 bits per heavy atom. The van der Waals surface area contributed by atoms with E-state index in [2.05, 4.69) is 15.9 Å². The zero-order valence-corrected chi connectivity index (χ0v) is 11.4. The van der Waals surface area contributed by atoms with Gasteiger partial charge >= 0.3 is 0 Å². The van der Waals surface area contributed by atoms with Gasteiger partial charge in [0.05, 0.1) is 9.83 Å². The minimum atomic E-state index is -0.870. The molecule has 1 aromatic heterocycles. The van der Waals surface area contributed by atoms with E-state index in [9.17, 15) is 8.78 Å². The Morgan fingerprint density at radius 2 is 1.94 bits per heavy atom. The summed E-state index contributed by atoms with van der Waals surface area (Å²) in [6.07, 6.45) is 0. The van der Waals surface area contributed by atoms with Gasteiger partial charge in [0.15, 0.2) is 11.6 Å². The van der Waals surface area contributed by atoms with E-state index in [1.165, 1.54) is 17.4 Å².